The van der Waals surface area contributed by atoms with Gasteiger partial charge in [-0.1, -0.05) is 12.1 Å². The molecule has 0 N–H and O–H groups in total. The lowest BCUT2D eigenvalue weighted by atomic mass is 10.1. The first kappa shape index (κ1) is 18.7. The Morgan fingerprint density at radius 2 is 1.93 bits per heavy atom. The van der Waals surface area contributed by atoms with Crippen LogP contribution in [-0.4, -0.2) is 45.1 Å². The van der Waals surface area contributed by atoms with Crippen molar-refractivity contribution in [3.63, 3.8) is 0 Å². The van der Waals surface area contributed by atoms with Crippen LogP contribution in [-0.2, 0) is 30.8 Å². The minimum absolute atomic E-state index is 0.0374. The van der Waals surface area contributed by atoms with Gasteiger partial charge in [0.1, 0.15) is 6.54 Å². The van der Waals surface area contributed by atoms with Crippen LogP contribution in [0.3, 0.4) is 0 Å². The first-order chi connectivity index (χ1) is 13.5. The summed E-state index contributed by atoms with van der Waals surface area (Å²) in [4.78, 5) is 28.4. The molecule has 1 saturated heterocycles. The van der Waals surface area contributed by atoms with Gasteiger partial charge in [0.15, 0.2) is 11.6 Å². The van der Waals surface area contributed by atoms with E-state index in [1.54, 1.807) is 11.0 Å². The van der Waals surface area contributed by atoms with E-state index in [0.29, 0.717) is 25.1 Å². The fraction of sp³-hybridized carbons (Fsp3) is 0.450. The predicted molar refractivity (Wildman–Crippen MR) is 98.5 cm³/mol. The predicted octanol–water partition coefficient (Wildman–Crippen LogP) is 1.70. The van der Waals surface area contributed by atoms with E-state index in [-0.39, 0.29) is 24.6 Å². The molecule has 1 aromatic heterocycles. The Morgan fingerprint density at radius 1 is 1.14 bits per heavy atom. The smallest absolute Gasteiger partial charge is 0.267 e. The molecule has 2 aliphatic rings. The number of nitrogens with zero attached hydrogens (tertiary/aromatic N) is 4. The molecule has 4 rings (SSSR count). The number of hydrogen-bond donors (Lipinski definition) is 0. The zero-order valence-electron chi connectivity index (χ0n) is 15.5. The maximum absolute atomic E-state index is 13.9. The molecule has 0 radical (unpaired) electrons. The van der Waals surface area contributed by atoms with E-state index in [0.717, 1.165) is 43.3 Å². The van der Waals surface area contributed by atoms with E-state index < -0.39 is 11.6 Å². The number of fused-ring (bicyclic) bond motifs is 1. The lowest BCUT2D eigenvalue weighted by molar-refractivity contribution is -0.131. The van der Waals surface area contributed by atoms with Gasteiger partial charge in [0.25, 0.3) is 5.56 Å². The van der Waals surface area contributed by atoms with Crippen LogP contribution in [0.15, 0.2) is 29.1 Å². The second-order valence-electron chi connectivity index (χ2n) is 7.37. The molecule has 3 heterocycles. The molecule has 2 aromatic rings. The molecule has 1 amide bonds. The number of hydrogen-bond acceptors (Lipinski definition) is 4. The highest BCUT2D eigenvalue weighted by Gasteiger charge is 2.23. The SMILES string of the molecule is O=C(Cn1nc2c(cc1=O)CN(Cc1cccc(F)c1F)CC2)N1CCCC1. The third-order valence-electron chi connectivity index (χ3n) is 5.39. The van der Waals surface area contributed by atoms with E-state index in [1.165, 1.54) is 16.8 Å². The van der Waals surface area contributed by atoms with Crippen LogP contribution < -0.4 is 5.56 Å². The molecular formula is C20H22F2N4O2. The number of amides is 1. The summed E-state index contributed by atoms with van der Waals surface area (Å²) < 4.78 is 28.6. The van der Waals surface area contributed by atoms with Gasteiger partial charge in [-0.2, -0.15) is 5.10 Å². The molecule has 148 valence electrons. The summed E-state index contributed by atoms with van der Waals surface area (Å²) in [7, 11) is 0. The Balaban J connectivity index is 1.47. The molecule has 28 heavy (non-hydrogen) atoms. The van der Waals surface area contributed by atoms with Crippen molar-refractivity contribution in [1.82, 2.24) is 19.6 Å². The quantitative estimate of drug-likeness (QED) is 0.800. The Kier molecular flexibility index (Phi) is 5.21. The third-order valence-corrected chi connectivity index (χ3v) is 5.39. The zero-order chi connectivity index (χ0) is 19.7. The number of likely N-dealkylation sites (tertiary alicyclic amines) is 1. The molecule has 8 heteroatoms. The normalized spacial score (nSPS) is 17.0. The van der Waals surface area contributed by atoms with Gasteiger partial charge in [-0.15, -0.1) is 0 Å². The molecule has 0 aliphatic carbocycles. The summed E-state index contributed by atoms with van der Waals surface area (Å²) in [6.45, 7) is 2.76. The minimum Gasteiger partial charge on any atom is -0.341 e. The van der Waals surface area contributed by atoms with Crippen LogP contribution in [0.4, 0.5) is 8.78 Å². The second-order valence-corrected chi connectivity index (χ2v) is 7.37. The van der Waals surface area contributed by atoms with E-state index in [9.17, 15) is 18.4 Å². The molecule has 0 spiro atoms. The maximum atomic E-state index is 13.9. The van der Waals surface area contributed by atoms with Gasteiger partial charge in [0.05, 0.1) is 5.69 Å². The van der Waals surface area contributed by atoms with Gasteiger partial charge < -0.3 is 4.90 Å². The average Bonchev–Trinajstić information content (AvgIpc) is 3.21. The number of aromatic nitrogens is 2. The fourth-order valence-electron chi connectivity index (χ4n) is 3.85. The van der Waals surface area contributed by atoms with E-state index >= 15 is 0 Å². The van der Waals surface area contributed by atoms with E-state index in [2.05, 4.69) is 5.10 Å². The van der Waals surface area contributed by atoms with Crippen molar-refractivity contribution in [3.8, 4) is 0 Å². The number of benzene rings is 1. The van der Waals surface area contributed by atoms with Crippen molar-refractivity contribution in [2.45, 2.75) is 38.9 Å². The Morgan fingerprint density at radius 3 is 2.71 bits per heavy atom. The molecule has 1 fully saturated rings. The summed E-state index contributed by atoms with van der Waals surface area (Å²) >= 11 is 0. The second kappa shape index (κ2) is 7.79. The highest BCUT2D eigenvalue weighted by atomic mass is 19.2. The summed E-state index contributed by atoms with van der Waals surface area (Å²) in [6, 6.07) is 5.66. The summed E-state index contributed by atoms with van der Waals surface area (Å²) in [5.41, 5.74) is 1.54. The Bertz CT molecular complexity index is 954. The van der Waals surface area contributed by atoms with Crippen LogP contribution >= 0.6 is 0 Å². The molecule has 0 unspecified atom stereocenters. The van der Waals surface area contributed by atoms with Crippen LogP contribution in [0.25, 0.3) is 0 Å². The third kappa shape index (κ3) is 3.82. The van der Waals surface area contributed by atoms with Crippen LogP contribution in [0, 0.1) is 11.6 Å². The van der Waals surface area contributed by atoms with E-state index in [4.69, 9.17) is 0 Å². The first-order valence-electron chi connectivity index (χ1n) is 9.54. The van der Waals surface area contributed by atoms with Crippen molar-refractivity contribution >= 4 is 5.91 Å². The molecule has 0 saturated carbocycles. The molecule has 6 nitrogen and oxygen atoms in total. The van der Waals surface area contributed by atoms with Gasteiger partial charge in [0, 0.05) is 50.8 Å². The Hall–Kier alpha value is -2.61. The first-order valence-corrected chi connectivity index (χ1v) is 9.54. The molecule has 2 aliphatic heterocycles. The van der Waals surface area contributed by atoms with Crippen LogP contribution in [0.2, 0.25) is 0 Å². The van der Waals surface area contributed by atoms with Gasteiger partial charge in [0.2, 0.25) is 5.91 Å². The fourth-order valence-corrected chi connectivity index (χ4v) is 3.85. The van der Waals surface area contributed by atoms with Crippen molar-refractivity contribution in [1.29, 1.82) is 0 Å². The summed E-state index contributed by atoms with van der Waals surface area (Å²) in [6.07, 6.45) is 2.59. The van der Waals surface area contributed by atoms with Gasteiger partial charge in [-0.3, -0.25) is 14.5 Å². The van der Waals surface area contributed by atoms with Crippen LogP contribution in [0.1, 0.15) is 29.7 Å². The van der Waals surface area contributed by atoms with Gasteiger partial charge in [-0.25, -0.2) is 13.5 Å². The largest absolute Gasteiger partial charge is 0.341 e. The van der Waals surface area contributed by atoms with E-state index in [1.807, 2.05) is 4.90 Å². The highest BCUT2D eigenvalue weighted by molar-refractivity contribution is 5.76. The van der Waals surface area contributed by atoms with Gasteiger partial charge in [-0.05, 0) is 24.5 Å². The minimum atomic E-state index is -0.859. The lowest BCUT2D eigenvalue weighted by Gasteiger charge is -2.28. The molecular weight excluding hydrogens is 366 g/mol. The average molecular weight is 388 g/mol. The molecule has 1 aromatic carbocycles. The van der Waals surface area contributed by atoms with Crippen molar-refractivity contribution in [2.24, 2.45) is 0 Å². The highest BCUT2D eigenvalue weighted by Crippen LogP contribution is 2.20. The van der Waals surface area contributed by atoms with Crippen LogP contribution in [0.5, 0.6) is 0 Å². The number of halogens is 2. The monoisotopic (exact) mass is 388 g/mol. The summed E-state index contributed by atoms with van der Waals surface area (Å²) in [5, 5.41) is 4.39. The topological polar surface area (TPSA) is 58.4 Å². The molecule has 0 atom stereocenters. The maximum Gasteiger partial charge on any atom is 0.267 e. The number of carbonyl (C=O) groups excluding carboxylic acids is 1. The van der Waals surface area contributed by atoms with Gasteiger partial charge >= 0.3 is 0 Å². The Labute approximate surface area is 161 Å². The van der Waals surface area contributed by atoms with Crippen molar-refractivity contribution in [3.05, 3.63) is 63.1 Å². The van der Waals surface area contributed by atoms with Crippen molar-refractivity contribution in [2.75, 3.05) is 19.6 Å². The standard InChI is InChI=1S/C20H22F2N4O2/c21-16-5-3-4-14(20(16)22)11-24-9-6-17-15(12-24)10-18(27)26(23-17)13-19(28)25-7-1-2-8-25/h3-5,10H,1-2,6-9,11-13H2. The number of carbonyl (C=O) groups is 1. The lowest BCUT2D eigenvalue weighted by Crippen LogP contribution is -2.38. The van der Waals surface area contributed by atoms with Crippen molar-refractivity contribution < 1.29 is 13.6 Å². The number of rotatable bonds is 4. The summed E-state index contributed by atoms with van der Waals surface area (Å²) in [5.74, 6) is -1.77. The molecule has 0 bridgehead atoms. The zero-order valence-corrected chi connectivity index (χ0v) is 15.5.